The number of ether oxygens (including phenoxy) is 4. The second-order valence-electron chi connectivity index (χ2n) is 7.83. The quantitative estimate of drug-likeness (QED) is 0.536. The second kappa shape index (κ2) is 9.41. The van der Waals surface area contributed by atoms with Gasteiger partial charge in [0.05, 0.1) is 31.9 Å². The summed E-state index contributed by atoms with van der Waals surface area (Å²) in [4.78, 5) is 9.86. The number of methoxy groups -OCH3 is 2. The first-order valence-corrected chi connectivity index (χ1v) is 10.8. The van der Waals surface area contributed by atoms with E-state index in [1.165, 1.54) is 5.56 Å². The smallest absolute Gasteiger partial charge is 0.231 e. The molecule has 0 fully saturated rings. The van der Waals surface area contributed by atoms with Gasteiger partial charge in [0.2, 0.25) is 18.3 Å². The molecular formula is C24H26N4O5. The first-order valence-electron chi connectivity index (χ1n) is 10.8. The minimum atomic E-state index is -0.0842. The Morgan fingerprint density at radius 1 is 1.09 bits per heavy atom. The first-order chi connectivity index (χ1) is 16.3. The maximum absolute atomic E-state index is 5.71. The van der Waals surface area contributed by atoms with Gasteiger partial charge in [-0.3, -0.25) is 0 Å². The molecule has 5 rings (SSSR count). The van der Waals surface area contributed by atoms with Crippen LogP contribution in [0.5, 0.6) is 23.0 Å². The lowest BCUT2D eigenvalue weighted by Crippen LogP contribution is -2.23. The van der Waals surface area contributed by atoms with Crippen molar-refractivity contribution in [1.82, 2.24) is 14.9 Å². The molecule has 0 aliphatic carbocycles. The number of nitrogens with zero attached hydrogens (tertiary/aromatic N) is 3. The lowest BCUT2D eigenvalue weighted by molar-refractivity contribution is 0.0853. The molecule has 9 heteroatoms. The van der Waals surface area contributed by atoms with E-state index in [1.54, 1.807) is 26.7 Å². The van der Waals surface area contributed by atoms with Crippen molar-refractivity contribution in [3.63, 3.8) is 0 Å². The molecule has 1 unspecified atom stereocenters. The van der Waals surface area contributed by atoms with Crippen molar-refractivity contribution in [3.8, 4) is 28.7 Å². The molecule has 2 aliphatic rings. The fraction of sp³-hybridized carbons (Fsp3) is 0.333. The van der Waals surface area contributed by atoms with Crippen LogP contribution in [-0.4, -0.2) is 48.9 Å². The summed E-state index contributed by atoms with van der Waals surface area (Å²) in [6, 6.07) is 10.2. The van der Waals surface area contributed by atoms with Gasteiger partial charge in [0, 0.05) is 43.9 Å². The minimum Gasteiger partial charge on any atom is -0.493 e. The highest BCUT2D eigenvalue weighted by molar-refractivity contribution is 5.87. The minimum absolute atomic E-state index is 0.0842. The molecule has 3 heterocycles. The maximum atomic E-state index is 5.71. The number of nitrogens with one attached hydrogen (secondary N) is 1. The van der Waals surface area contributed by atoms with Crippen molar-refractivity contribution in [2.24, 2.45) is 5.16 Å². The molecule has 1 aromatic heterocycles. The molecule has 3 aromatic rings. The average molecular weight is 450 g/mol. The van der Waals surface area contributed by atoms with Crippen LogP contribution in [0.3, 0.4) is 0 Å². The topological polar surface area (TPSA) is 88.4 Å². The van der Waals surface area contributed by atoms with Crippen LogP contribution in [0.1, 0.15) is 17.5 Å². The zero-order valence-corrected chi connectivity index (χ0v) is 18.6. The fourth-order valence-electron chi connectivity index (χ4n) is 4.19. The van der Waals surface area contributed by atoms with Gasteiger partial charge in [-0.05, 0) is 17.7 Å². The van der Waals surface area contributed by atoms with Gasteiger partial charge in [-0.1, -0.05) is 23.4 Å². The largest absolute Gasteiger partial charge is 0.493 e. The molecule has 9 nitrogen and oxygen atoms in total. The van der Waals surface area contributed by atoms with Crippen LogP contribution >= 0.6 is 0 Å². The molecule has 172 valence electrons. The zero-order valence-electron chi connectivity index (χ0n) is 18.6. The number of fused-ring (bicyclic) bond motifs is 1. The van der Waals surface area contributed by atoms with E-state index in [2.05, 4.69) is 27.6 Å². The lowest BCUT2D eigenvalue weighted by Gasteiger charge is -2.16. The molecule has 2 aliphatic heterocycles. The Labute approximate surface area is 191 Å². The van der Waals surface area contributed by atoms with Crippen LogP contribution in [0.2, 0.25) is 0 Å². The highest BCUT2D eigenvalue weighted by Gasteiger charge is 2.30. The Hall–Kier alpha value is -3.72. The number of imidazole rings is 1. The Morgan fingerprint density at radius 3 is 2.79 bits per heavy atom. The van der Waals surface area contributed by atoms with Crippen LogP contribution in [0.4, 0.5) is 0 Å². The van der Waals surface area contributed by atoms with Gasteiger partial charge >= 0.3 is 0 Å². The van der Waals surface area contributed by atoms with Crippen LogP contribution in [0.25, 0.3) is 5.69 Å². The van der Waals surface area contributed by atoms with Crippen molar-refractivity contribution < 1.29 is 23.8 Å². The fourth-order valence-corrected chi connectivity index (χ4v) is 4.19. The number of aromatic nitrogens is 2. The third-order valence-electron chi connectivity index (χ3n) is 5.72. The summed E-state index contributed by atoms with van der Waals surface area (Å²) < 4.78 is 24.2. The van der Waals surface area contributed by atoms with Gasteiger partial charge in [0.25, 0.3) is 0 Å². The predicted molar refractivity (Wildman–Crippen MR) is 122 cm³/mol. The van der Waals surface area contributed by atoms with Crippen molar-refractivity contribution >= 4 is 5.71 Å². The van der Waals surface area contributed by atoms with Crippen LogP contribution in [0, 0.1) is 0 Å². The average Bonchev–Trinajstić information content (AvgIpc) is 3.61. The molecule has 0 radical (unpaired) electrons. The first kappa shape index (κ1) is 21.1. The molecule has 0 saturated heterocycles. The van der Waals surface area contributed by atoms with Gasteiger partial charge in [0.15, 0.2) is 11.5 Å². The summed E-state index contributed by atoms with van der Waals surface area (Å²) in [5, 5.41) is 7.78. The Bertz CT molecular complexity index is 1150. The van der Waals surface area contributed by atoms with Crippen molar-refractivity contribution in [3.05, 3.63) is 60.2 Å². The predicted octanol–water partition coefficient (Wildman–Crippen LogP) is 3.10. The molecule has 0 bridgehead atoms. The highest BCUT2D eigenvalue weighted by Crippen LogP contribution is 2.49. The third kappa shape index (κ3) is 4.31. The summed E-state index contributed by atoms with van der Waals surface area (Å²) in [6.07, 6.45) is 6.79. The van der Waals surface area contributed by atoms with Gasteiger partial charge in [-0.2, -0.15) is 0 Å². The molecular weight excluding hydrogens is 424 g/mol. The van der Waals surface area contributed by atoms with Crippen LogP contribution < -0.4 is 24.3 Å². The molecule has 0 saturated carbocycles. The van der Waals surface area contributed by atoms with E-state index in [1.807, 2.05) is 29.0 Å². The summed E-state index contributed by atoms with van der Waals surface area (Å²) in [5.41, 5.74) is 4.20. The number of benzene rings is 2. The van der Waals surface area contributed by atoms with E-state index in [0.717, 1.165) is 23.4 Å². The SMILES string of the molecule is COc1cc(CC2CC(CNCc3ccccc3-n3ccnc3)=NO2)c(OC)c2c1OCO2. The standard InChI is InChI=1S/C24H26N4O5/c1-29-21-10-17(22(30-2)24-23(21)31-15-32-24)9-19-11-18(27-33-19)13-26-12-16-5-3-4-6-20(16)28-8-7-25-14-28/h3-8,10,14,19,26H,9,11-13,15H2,1-2H3. The summed E-state index contributed by atoms with van der Waals surface area (Å²) in [7, 11) is 3.23. The van der Waals surface area contributed by atoms with Gasteiger partial charge < -0.3 is 33.7 Å². The lowest BCUT2D eigenvalue weighted by atomic mass is 10.0. The van der Waals surface area contributed by atoms with E-state index < -0.39 is 0 Å². The Balaban J connectivity index is 1.19. The number of hydrogen-bond donors (Lipinski definition) is 1. The van der Waals surface area contributed by atoms with E-state index in [0.29, 0.717) is 42.5 Å². The summed E-state index contributed by atoms with van der Waals surface area (Å²) in [6.45, 7) is 1.51. The molecule has 33 heavy (non-hydrogen) atoms. The van der Waals surface area contributed by atoms with Crippen LogP contribution in [-0.2, 0) is 17.8 Å². The van der Waals surface area contributed by atoms with E-state index in [-0.39, 0.29) is 12.9 Å². The number of rotatable bonds is 9. The number of para-hydroxylation sites is 1. The highest BCUT2D eigenvalue weighted by atomic mass is 16.7. The van der Waals surface area contributed by atoms with Gasteiger partial charge in [0.1, 0.15) is 6.10 Å². The zero-order chi connectivity index (χ0) is 22.6. The van der Waals surface area contributed by atoms with Crippen molar-refractivity contribution in [2.75, 3.05) is 27.6 Å². The monoisotopic (exact) mass is 450 g/mol. The summed E-state index contributed by atoms with van der Waals surface area (Å²) in [5.74, 6) is 2.41. The van der Waals surface area contributed by atoms with E-state index in [4.69, 9.17) is 23.8 Å². The number of hydrogen-bond acceptors (Lipinski definition) is 8. The maximum Gasteiger partial charge on any atom is 0.231 e. The van der Waals surface area contributed by atoms with Gasteiger partial charge in [-0.25, -0.2) is 4.98 Å². The second-order valence-corrected chi connectivity index (χ2v) is 7.83. The van der Waals surface area contributed by atoms with Crippen LogP contribution in [0.15, 0.2) is 54.2 Å². The van der Waals surface area contributed by atoms with E-state index >= 15 is 0 Å². The molecule has 1 atom stereocenters. The Morgan fingerprint density at radius 2 is 1.97 bits per heavy atom. The normalized spacial score (nSPS) is 16.4. The molecule has 0 amide bonds. The van der Waals surface area contributed by atoms with Gasteiger partial charge in [-0.15, -0.1) is 0 Å². The molecule has 0 spiro atoms. The Kier molecular flexibility index (Phi) is 6.03. The van der Waals surface area contributed by atoms with Crippen molar-refractivity contribution in [2.45, 2.75) is 25.5 Å². The number of oxime groups is 1. The third-order valence-corrected chi connectivity index (χ3v) is 5.72. The summed E-state index contributed by atoms with van der Waals surface area (Å²) >= 11 is 0. The molecule has 2 aromatic carbocycles. The molecule has 1 N–H and O–H groups in total. The van der Waals surface area contributed by atoms with Crippen molar-refractivity contribution in [1.29, 1.82) is 0 Å². The van der Waals surface area contributed by atoms with E-state index in [9.17, 15) is 0 Å².